The highest BCUT2D eigenvalue weighted by atomic mass is 35.5. The van der Waals surface area contributed by atoms with Crippen LogP contribution in [0.5, 0.6) is 0 Å². The highest BCUT2D eigenvalue weighted by Crippen LogP contribution is 2.35. The molecule has 1 amide bonds. The fourth-order valence-corrected chi connectivity index (χ4v) is 4.87. The summed E-state index contributed by atoms with van der Waals surface area (Å²) in [6, 6.07) is 13.9. The lowest BCUT2D eigenvalue weighted by molar-refractivity contribution is 0.102. The first-order valence-corrected chi connectivity index (χ1v) is 13.1. The molecule has 0 atom stereocenters. The van der Waals surface area contributed by atoms with Crippen LogP contribution in [0.4, 0.5) is 21.6 Å². The van der Waals surface area contributed by atoms with Gasteiger partial charge >= 0.3 is 0 Å². The Bertz CT molecular complexity index is 1390. The van der Waals surface area contributed by atoms with E-state index in [1.807, 2.05) is 37.1 Å². The van der Waals surface area contributed by atoms with E-state index in [2.05, 4.69) is 26.6 Å². The quantitative estimate of drug-likeness (QED) is 0.313. The molecule has 9 heteroatoms. The van der Waals surface area contributed by atoms with Crippen LogP contribution in [0.25, 0.3) is 5.70 Å². The molecule has 1 aromatic heterocycles. The van der Waals surface area contributed by atoms with Crippen molar-refractivity contribution in [3.05, 3.63) is 88.3 Å². The van der Waals surface area contributed by atoms with Crippen LogP contribution in [0.3, 0.4) is 0 Å². The minimum atomic E-state index is -0.302. The standard InChI is InChI=1S/C29H30ClFN6O/c1-19(2)35-37(23-10-7-21(31)8-11-23)27-5-3-4-20-6-9-22(16-24(20)27)34-29(38)25-17-28(33-18-26(25)30)36-14-12-32-13-15-36/h5-11,16-18,32H,3-4,12-15H2,1-2H3,(H,34,38). The van der Waals surface area contributed by atoms with Crippen LogP contribution in [-0.4, -0.2) is 42.8 Å². The number of carbonyl (C=O) groups is 1. The van der Waals surface area contributed by atoms with Gasteiger partial charge in [0, 0.05) is 49.3 Å². The highest BCUT2D eigenvalue weighted by Gasteiger charge is 2.22. The number of aromatic nitrogens is 1. The maximum Gasteiger partial charge on any atom is 0.257 e. The predicted octanol–water partition coefficient (Wildman–Crippen LogP) is 5.73. The third-order valence-corrected chi connectivity index (χ3v) is 6.82. The summed E-state index contributed by atoms with van der Waals surface area (Å²) in [5, 5.41) is 13.2. The molecule has 2 aromatic carbocycles. The Kier molecular flexibility index (Phi) is 7.72. The van der Waals surface area contributed by atoms with Crippen molar-refractivity contribution in [2.24, 2.45) is 5.10 Å². The number of amides is 1. The van der Waals surface area contributed by atoms with Gasteiger partial charge in [-0.25, -0.2) is 14.4 Å². The molecule has 1 saturated heterocycles. The molecule has 0 saturated carbocycles. The number of nitrogens with one attached hydrogen (secondary N) is 2. The number of hydrazone groups is 1. The van der Waals surface area contributed by atoms with Crippen molar-refractivity contribution in [1.29, 1.82) is 0 Å². The highest BCUT2D eigenvalue weighted by molar-refractivity contribution is 6.34. The van der Waals surface area contributed by atoms with Crippen molar-refractivity contribution < 1.29 is 9.18 Å². The van der Waals surface area contributed by atoms with Crippen LogP contribution in [-0.2, 0) is 6.42 Å². The lowest BCUT2D eigenvalue weighted by Crippen LogP contribution is -2.44. The van der Waals surface area contributed by atoms with Crippen molar-refractivity contribution in [3.8, 4) is 0 Å². The van der Waals surface area contributed by atoms with Gasteiger partial charge < -0.3 is 15.5 Å². The second-order valence-corrected chi connectivity index (χ2v) is 9.96. The average Bonchev–Trinajstić information content (AvgIpc) is 2.92. The molecule has 5 rings (SSSR count). The molecule has 0 bridgehead atoms. The third kappa shape index (κ3) is 5.71. The Balaban J connectivity index is 1.44. The van der Waals surface area contributed by atoms with Gasteiger partial charge in [0.15, 0.2) is 0 Å². The molecule has 2 aliphatic rings. The van der Waals surface area contributed by atoms with Crippen molar-refractivity contribution in [3.63, 3.8) is 0 Å². The van der Waals surface area contributed by atoms with Crippen LogP contribution < -0.4 is 20.5 Å². The lowest BCUT2D eigenvalue weighted by atomic mass is 9.93. The van der Waals surface area contributed by atoms with E-state index in [-0.39, 0.29) is 11.7 Å². The summed E-state index contributed by atoms with van der Waals surface area (Å²) < 4.78 is 13.6. The zero-order valence-corrected chi connectivity index (χ0v) is 22.2. The molecule has 196 valence electrons. The number of nitrogens with zero attached hydrogens (tertiary/aromatic N) is 4. The molecule has 0 spiro atoms. The predicted molar refractivity (Wildman–Crippen MR) is 153 cm³/mol. The third-order valence-electron chi connectivity index (χ3n) is 6.52. The van der Waals surface area contributed by atoms with Crippen LogP contribution in [0.1, 0.15) is 41.8 Å². The van der Waals surface area contributed by atoms with Crippen molar-refractivity contribution in [2.75, 3.05) is 41.4 Å². The van der Waals surface area contributed by atoms with Gasteiger partial charge in [0.1, 0.15) is 11.6 Å². The summed E-state index contributed by atoms with van der Waals surface area (Å²) >= 11 is 6.39. The van der Waals surface area contributed by atoms with Crippen LogP contribution in [0.2, 0.25) is 5.02 Å². The molecular formula is C29H30ClFN6O. The Labute approximate surface area is 227 Å². The molecule has 0 unspecified atom stereocenters. The topological polar surface area (TPSA) is 72.9 Å². The number of fused-ring (bicyclic) bond motifs is 1. The fraction of sp³-hybridized carbons (Fsp3) is 0.276. The number of pyridine rings is 1. The SMILES string of the molecule is CC(C)=NN(C1=CCCc2ccc(NC(=O)c3cc(N4CCNCC4)ncc3Cl)cc21)c1ccc(F)cc1. The monoisotopic (exact) mass is 532 g/mol. The average molecular weight is 533 g/mol. The van der Waals surface area contributed by atoms with E-state index >= 15 is 0 Å². The number of anilines is 3. The van der Waals surface area contributed by atoms with Gasteiger partial charge in [-0.1, -0.05) is 23.7 Å². The largest absolute Gasteiger partial charge is 0.354 e. The minimum Gasteiger partial charge on any atom is -0.354 e. The molecular weight excluding hydrogens is 503 g/mol. The smallest absolute Gasteiger partial charge is 0.257 e. The number of piperazine rings is 1. The van der Waals surface area contributed by atoms with E-state index < -0.39 is 0 Å². The molecule has 0 radical (unpaired) electrons. The molecule has 1 fully saturated rings. The number of benzene rings is 2. The lowest BCUT2D eigenvalue weighted by Gasteiger charge is -2.28. The molecule has 38 heavy (non-hydrogen) atoms. The Morgan fingerprint density at radius 1 is 1.13 bits per heavy atom. The van der Waals surface area contributed by atoms with Gasteiger partial charge in [0.05, 0.1) is 22.0 Å². The number of hydrogen-bond acceptors (Lipinski definition) is 6. The second kappa shape index (κ2) is 11.3. The first-order valence-electron chi connectivity index (χ1n) is 12.7. The number of hydrogen-bond donors (Lipinski definition) is 2. The summed E-state index contributed by atoms with van der Waals surface area (Å²) in [6.07, 6.45) is 5.39. The number of carbonyl (C=O) groups excluding carboxylic acids is 1. The first kappa shape index (κ1) is 25.9. The van der Waals surface area contributed by atoms with Crippen LogP contribution in [0.15, 0.2) is 65.9 Å². The van der Waals surface area contributed by atoms with Crippen molar-refractivity contribution in [2.45, 2.75) is 26.7 Å². The van der Waals surface area contributed by atoms with Crippen LogP contribution >= 0.6 is 11.6 Å². The summed E-state index contributed by atoms with van der Waals surface area (Å²) in [7, 11) is 0. The molecule has 1 aliphatic heterocycles. The molecule has 7 nitrogen and oxygen atoms in total. The normalized spacial score (nSPS) is 14.8. The zero-order valence-electron chi connectivity index (χ0n) is 21.5. The Morgan fingerprint density at radius 2 is 1.89 bits per heavy atom. The van der Waals surface area contributed by atoms with Gasteiger partial charge in [-0.3, -0.25) is 4.79 Å². The fourth-order valence-electron chi connectivity index (χ4n) is 4.69. The molecule has 2 N–H and O–H groups in total. The number of aryl methyl sites for hydroxylation is 1. The summed E-state index contributed by atoms with van der Waals surface area (Å²) in [5.41, 5.74) is 5.64. The second-order valence-electron chi connectivity index (χ2n) is 9.55. The summed E-state index contributed by atoms with van der Waals surface area (Å²) in [4.78, 5) is 19.9. The van der Waals surface area contributed by atoms with Gasteiger partial charge in [0.25, 0.3) is 5.91 Å². The van der Waals surface area contributed by atoms with E-state index in [0.29, 0.717) is 16.3 Å². The number of allylic oxidation sites excluding steroid dienone is 1. The zero-order chi connectivity index (χ0) is 26.6. The molecule has 1 aliphatic carbocycles. The summed E-state index contributed by atoms with van der Waals surface area (Å²) in [5.74, 6) is 0.135. The minimum absolute atomic E-state index is 0.298. The number of halogens is 2. The van der Waals surface area contributed by atoms with Crippen LogP contribution in [0, 0.1) is 5.82 Å². The van der Waals surface area contributed by atoms with E-state index in [1.54, 1.807) is 18.2 Å². The van der Waals surface area contributed by atoms with Crippen molar-refractivity contribution in [1.82, 2.24) is 10.3 Å². The van der Waals surface area contributed by atoms with Gasteiger partial charge in [-0.2, -0.15) is 5.10 Å². The van der Waals surface area contributed by atoms with Gasteiger partial charge in [0.2, 0.25) is 0 Å². The first-order chi connectivity index (χ1) is 18.4. The van der Waals surface area contributed by atoms with Gasteiger partial charge in [-0.15, -0.1) is 0 Å². The van der Waals surface area contributed by atoms with Gasteiger partial charge in [-0.05, 0) is 74.7 Å². The summed E-state index contributed by atoms with van der Waals surface area (Å²) in [6.45, 7) is 7.22. The van der Waals surface area contributed by atoms with E-state index in [0.717, 1.165) is 73.1 Å². The maximum atomic E-state index is 13.6. The number of rotatable bonds is 6. The van der Waals surface area contributed by atoms with E-state index in [9.17, 15) is 9.18 Å². The van der Waals surface area contributed by atoms with Crippen molar-refractivity contribution >= 4 is 46.1 Å². The maximum absolute atomic E-state index is 13.6. The van der Waals surface area contributed by atoms with E-state index in [1.165, 1.54) is 18.3 Å². The van der Waals surface area contributed by atoms with E-state index in [4.69, 9.17) is 16.7 Å². The molecule has 2 heterocycles. The molecule has 3 aromatic rings. The Hall–Kier alpha value is -3.75. The Morgan fingerprint density at radius 3 is 2.63 bits per heavy atom.